The summed E-state index contributed by atoms with van der Waals surface area (Å²) in [6, 6.07) is 0. The highest BCUT2D eigenvalue weighted by molar-refractivity contribution is 14.0. The molecule has 0 aromatic heterocycles. The summed E-state index contributed by atoms with van der Waals surface area (Å²) in [5.74, 6) is 0.519. The minimum atomic E-state index is 0. The van der Waals surface area contributed by atoms with Gasteiger partial charge in [-0.2, -0.15) is 0 Å². The number of aliphatic imine (C=N–C) groups is 1. The van der Waals surface area contributed by atoms with Gasteiger partial charge in [-0.1, -0.05) is 6.08 Å². The number of nitrogens with two attached hydrogens (primary N) is 1. The molecule has 0 radical (unpaired) electrons. The fraction of sp³-hybridized carbons (Fsp3) is 0.769. The molecule has 0 unspecified atom stereocenters. The lowest BCUT2D eigenvalue weighted by Gasteiger charge is -2.19. The van der Waals surface area contributed by atoms with Gasteiger partial charge in [-0.3, -0.25) is 4.99 Å². The zero-order valence-electron chi connectivity index (χ0n) is 12.0. The molecule has 1 saturated heterocycles. The second kappa shape index (κ2) is 11.5. The molecule has 0 bridgehead atoms. The monoisotopic (exact) mass is 381 g/mol. The summed E-state index contributed by atoms with van der Waals surface area (Å²) < 4.78 is 0. The second-order valence-electron chi connectivity index (χ2n) is 4.79. The van der Waals surface area contributed by atoms with E-state index in [1.807, 2.05) is 0 Å². The molecule has 5 nitrogen and oxygen atoms in total. The average Bonchev–Trinajstić information content (AvgIpc) is 2.57. The molecule has 0 aliphatic carbocycles. The molecule has 0 spiro atoms. The van der Waals surface area contributed by atoms with Crippen LogP contribution in [0.5, 0.6) is 0 Å². The van der Waals surface area contributed by atoms with E-state index in [4.69, 9.17) is 5.73 Å². The van der Waals surface area contributed by atoms with Crippen LogP contribution in [0, 0.1) is 0 Å². The van der Waals surface area contributed by atoms with E-state index in [0.29, 0.717) is 12.5 Å². The van der Waals surface area contributed by atoms with Crippen molar-refractivity contribution in [3.63, 3.8) is 0 Å². The Balaban J connectivity index is 0.00000324. The zero-order valence-corrected chi connectivity index (χ0v) is 14.3. The van der Waals surface area contributed by atoms with Crippen LogP contribution in [0.1, 0.15) is 12.8 Å². The Morgan fingerprint density at radius 1 is 1.37 bits per heavy atom. The van der Waals surface area contributed by atoms with E-state index in [0.717, 1.165) is 19.5 Å². The highest BCUT2D eigenvalue weighted by Gasteiger charge is 2.10. The van der Waals surface area contributed by atoms with Crippen LogP contribution in [0.3, 0.4) is 0 Å². The van der Waals surface area contributed by atoms with Crippen molar-refractivity contribution in [2.24, 2.45) is 10.7 Å². The van der Waals surface area contributed by atoms with Crippen LogP contribution in [-0.4, -0.2) is 68.6 Å². The van der Waals surface area contributed by atoms with Crippen molar-refractivity contribution in [3.8, 4) is 0 Å². The van der Waals surface area contributed by atoms with Gasteiger partial charge < -0.3 is 20.9 Å². The first-order valence-corrected chi connectivity index (χ1v) is 6.78. The molecule has 0 saturated carbocycles. The van der Waals surface area contributed by atoms with E-state index < -0.39 is 0 Å². The Morgan fingerprint density at radius 3 is 2.89 bits per heavy atom. The van der Waals surface area contributed by atoms with Crippen LogP contribution in [0.4, 0.5) is 0 Å². The first kappa shape index (κ1) is 18.7. The van der Waals surface area contributed by atoms with Crippen LogP contribution < -0.4 is 11.1 Å². The number of halogens is 1. The van der Waals surface area contributed by atoms with Crippen LogP contribution in [0.15, 0.2) is 17.6 Å². The van der Waals surface area contributed by atoms with Crippen LogP contribution in [-0.2, 0) is 0 Å². The standard InChI is InChI=1S/C13H27N5.HI/c1-3-6-15-13(14)16-7-4-9-18-10-5-8-17(2)11-12-18;/h3H,1,4-12H2,2H3,(H3,14,15,16);1H. The van der Waals surface area contributed by atoms with E-state index in [9.17, 15) is 0 Å². The molecule has 1 aliphatic heterocycles. The first-order chi connectivity index (χ1) is 8.72. The molecule has 0 atom stereocenters. The van der Waals surface area contributed by atoms with Gasteiger partial charge in [0.2, 0.25) is 0 Å². The highest BCUT2D eigenvalue weighted by atomic mass is 127. The number of nitrogens with one attached hydrogen (secondary N) is 1. The fourth-order valence-corrected chi connectivity index (χ4v) is 2.05. The molecule has 0 aromatic rings. The van der Waals surface area contributed by atoms with E-state index in [2.05, 4.69) is 33.7 Å². The van der Waals surface area contributed by atoms with Gasteiger partial charge in [0.1, 0.15) is 0 Å². The molecule has 6 heteroatoms. The molecule has 1 aliphatic rings. The third kappa shape index (κ3) is 9.23. The SMILES string of the molecule is C=CCNC(N)=NCCCN1CCCN(C)CC1.I. The summed E-state index contributed by atoms with van der Waals surface area (Å²) in [5.41, 5.74) is 5.69. The van der Waals surface area contributed by atoms with Crippen LogP contribution in [0.2, 0.25) is 0 Å². The van der Waals surface area contributed by atoms with E-state index in [-0.39, 0.29) is 24.0 Å². The molecular formula is C13H28IN5. The number of hydrogen-bond donors (Lipinski definition) is 2. The smallest absolute Gasteiger partial charge is 0.188 e. The molecule has 19 heavy (non-hydrogen) atoms. The van der Waals surface area contributed by atoms with Gasteiger partial charge in [0.25, 0.3) is 0 Å². The lowest BCUT2D eigenvalue weighted by Crippen LogP contribution is -2.32. The molecule has 1 rings (SSSR count). The van der Waals surface area contributed by atoms with Crippen molar-refractivity contribution in [1.82, 2.24) is 15.1 Å². The van der Waals surface area contributed by atoms with Gasteiger partial charge in [0, 0.05) is 26.2 Å². The van der Waals surface area contributed by atoms with Crippen molar-refractivity contribution < 1.29 is 0 Å². The average molecular weight is 381 g/mol. The van der Waals surface area contributed by atoms with Crippen molar-refractivity contribution in [1.29, 1.82) is 0 Å². The van der Waals surface area contributed by atoms with Gasteiger partial charge in [0.15, 0.2) is 5.96 Å². The zero-order chi connectivity index (χ0) is 13.2. The maximum absolute atomic E-state index is 5.69. The minimum absolute atomic E-state index is 0. The normalized spacial score (nSPS) is 18.5. The van der Waals surface area contributed by atoms with E-state index in [1.165, 1.54) is 32.6 Å². The van der Waals surface area contributed by atoms with Crippen LogP contribution in [0.25, 0.3) is 0 Å². The minimum Gasteiger partial charge on any atom is -0.370 e. The topological polar surface area (TPSA) is 56.9 Å². The Hall–Kier alpha value is -0.340. The molecule has 0 amide bonds. The van der Waals surface area contributed by atoms with Crippen molar-refractivity contribution in [2.75, 3.05) is 52.9 Å². The third-order valence-electron chi connectivity index (χ3n) is 3.15. The predicted octanol–water partition coefficient (Wildman–Crippen LogP) is 0.722. The molecule has 112 valence electrons. The molecular weight excluding hydrogens is 353 g/mol. The van der Waals surface area contributed by atoms with Gasteiger partial charge in [-0.15, -0.1) is 30.6 Å². The van der Waals surface area contributed by atoms with Gasteiger partial charge in [-0.05, 0) is 39.5 Å². The number of hydrogen-bond acceptors (Lipinski definition) is 3. The molecule has 0 aromatic carbocycles. The maximum atomic E-state index is 5.69. The summed E-state index contributed by atoms with van der Waals surface area (Å²) >= 11 is 0. The number of rotatable bonds is 6. The highest BCUT2D eigenvalue weighted by Crippen LogP contribution is 2.01. The molecule has 3 N–H and O–H groups in total. The van der Waals surface area contributed by atoms with Gasteiger partial charge in [-0.25, -0.2) is 0 Å². The fourth-order valence-electron chi connectivity index (χ4n) is 2.05. The van der Waals surface area contributed by atoms with Crippen molar-refractivity contribution in [2.45, 2.75) is 12.8 Å². The van der Waals surface area contributed by atoms with Gasteiger partial charge in [0.05, 0.1) is 0 Å². The Morgan fingerprint density at radius 2 is 2.16 bits per heavy atom. The summed E-state index contributed by atoms with van der Waals surface area (Å²) in [6.07, 6.45) is 4.11. The number of nitrogens with zero attached hydrogens (tertiary/aromatic N) is 3. The van der Waals surface area contributed by atoms with Crippen molar-refractivity contribution >= 4 is 29.9 Å². The summed E-state index contributed by atoms with van der Waals surface area (Å²) in [4.78, 5) is 9.20. The summed E-state index contributed by atoms with van der Waals surface area (Å²) in [5, 5.41) is 2.98. The van der Waals surface area contributed by atoms with E-state index in [1.54, 1.807) is 6.08 Å². The second-order valence-corrected chi connectivity index (χ2v) is 4.79. The summed E-state index contributed by atoms with van der Waals surface area (Å²) in [6.45, 7) is 11.0. The Kier molecular flexibility index (Phi) is 11.3. The number of likely N-dealkylation sites (N-methyl/N-ethyl adjacent to an activating group) is 1. The predicted molar refractivity (Wildman–Crippen MR) is 93.3 cm³/mol. The summed E-state index contributed by atoms with van der Waals surface area (Å²) in [7, 11) is 2.19. The lowest BCUT2D eigenvalue weighted by atomic mass is 10.3. The van der Waals surface area contributed by atoms with Crippen LogP contribution >= 0.6 is 24.0 Å². The number of guanidine groups is 1. The van der Waals surface area contributed by atoms with Crippen molar-refractivity contribution in [3.05, 3.63) is 12.7 Å². The lowest BCUT2D eigenvalue weighted by molar-refractivity contribution is 0.275. The van der Waals surface area contributed by atoms with Gasteiger partial charge >= 0.3 is 0 Å². The Labute approximate surface area is 134 Å². The first-order valence-electron chi connectivity index (χ1n) is 6.78. The molecule has 1 heterocycles. The third-order valence-corrected chi connectivity index (χ3v) is 3.15. The maximum Gasteiger partial charge on any atom is 0.188 e. The quantitative estimate of drug-likeness (QED) is 0.234. The molecule has 1 fully saturated rings. The van der Waals surface area contributed by atoms with E-state index >= 15 is 0 Å². The Bertz CT molecular complexity index is 270. The largest absolute Gasteiger partial charge is 0.370 e.